The van der Waals surface area contributed by atoms with Crippen LogP contribution < -0.4 is 4.74 Å². The first kappa shape index (κ1) is 22.0. The molecule has 1 amide bonds. The number of sulfonamides is 1. The van der Waals surface area contributed by atoms with Gasteiger partial charge in [-0.3, -0.25) is 4.79 Å². The second-order valence-corrected chi connectivity index (χ2v) is 9.87. The molecule has 7 heteroatoms. The highest BCUT2D eigenvalue weighted by Crippen LogP contribution is 2.29. The van der Waals surface area contributed by atoms with Gasteiger partial charge in [0.25, 0.3) is 5.91 Å². The zero-order valence-electron chi connectivity index (χ0n) is 18.2. The highest BCUT2D eigenvalue weighted by Gasteiger charge is 2.28. The maximum atomic E-state index is 13.4. The number of benzene rings is 3. The molecule has 1 aliphatic rings. The maximum absolute atomic E-state index is 13.4. The molecule has 0 saturated heterocycles. The van der Waals surface area contributed by atoms with Crippen molar-refractivity contribution in [3.05, 3.63) is 95.1 Å². The third-order valence-corrected chi connectivity index (χ3v) is 7.59. The van der Waals surface area contributed by atoms with Gasteiger partial charge in [0.1, 0.15) is 10.6 Å². The average molecular weight is 451 g/mol. The molecule has 0 N–H and O–H groups in total. The SMILES string of the molecule is COc1ccc(C(=O)N2CCc3ccccc3C2)cc1S(=O)(=O)N(C)Cc1ccccc1. The molecule has 166 valence electrons. The van der Waals surface area contributed by atoms with E-state index in [0.29, 0.717) is 18.7 Å². The van der Waals surface area contributed by atoms with Crippen LogP contribution in [0.3, 0.4) is 0 Å². The van der Waals surface area contributed by atoms with Crippen LogP contribution >= 0.6 is 0 Å². The molecule has 0 unspecified atom stereocenters. The van der Waals surface area contributed by atoms with Crippen LogP contribution in [0.25, 0.3) is 0 Å². The number of amides is 1. The fourth-order valence-corrected chi connectivity index (χ4v) is 5.29. The molecule has 32 heavy (non-hydrogen) atoms. The van der Waals surface area contributed by atoms with Crippen LogP contribution in [-0.2, 0) is 29.5 Å². The number of hydrogen-bond acceptors (Lipinski definition) is 4. The second kappa shape index (κ2) is 9.14. The molecule has 1 heterocycles. The lowest BCUT2D eigenvalue weighted by molar-refractivity contribution is 0.0734. The Kier molecular flexibility index (Phi) is 6.30. The van der Waals surface area contributed by atoms with Crippen LogP contribution in [0.2, 0.25) is 0 Å². The number of hydrogen-bond donors (Lipinski definition) is 0. The summed E-state index contributed by atoms with van der Waals surface area (Å²) in [6, 6.07) is 22.0. The Labute approximate surface area is 189 Å². The Bertz CT molecular complexity index is 1230. The number of rotatable bonds is 6. The zero-order valence-corrected chi connectivity index (χ0v) is 19.0. The van der Waals surface area contributed by atoms with E-state index in [2.05, 4.69) is 6.07 Å². The highest BCUT2D eigenvalue weighted by atomic mass is 32.2. The third kappa shape index (κ3) is 4.40. The molecule has 0 bridgehead atoms. The number of methoxy groups -OCH3 is 1. The first-order chi connectivity index (χ1) is 15.4. The van der Waals surface area contributed by atoms with Crippen molar-refractivity contribution >= 4 is 15.9 Å². The fraction of sp³-hybridized carbons (Fsp3) is 0.240. The van der Waals surface area contributed by atoms with Crippen molar-refractivity contribution in [2.45, 2.75) is 24.4 Å². The summed E-state index contributed by atoms with van der Waals surface area (Å²) in [6.07, 6.45) is 0.781. The van der Waals surface area contributed by atoms with E-state index >= 15 is 0 Å². The second-order valence-electron chi connectivity index (χ2n) is 7.86. The summed E-state index contributed by atoms with van der Waals surface area (Å²) in [5.74, 6) is 0.0229. The lowest BCUT2D eigenvalue weighted by Gasteiger charge is -2.29. The van der Waals surface area contributed by atoms with Crippen molar-refractivity contribution in [2.75, 3.05) is 20.7 Å². The topological polar surface area (TPSA) is 66.9 Å². The van der Waals surface area contributed by atoms with Gasteiger partial charge < -0.3 is 9.64 Å². The maximum Gasteiger partial charge on any atom is 0.254 e. The van der Waals surface area contributed by atoms with Gasteiger partial charge in [0.05, 0.1) is 7.11 Å². The zero-order chi connectivity index (χ0) is 22.7. The summed E-state index contributed by atoms with van der Waals surface area (Å²) in [6.45, 7) is 1.32. The van der Waals surface area contributed by atoms with E-state index in [4.69, 9.17) is 4.74 Å². The van der Waals surface area contributed by atoms with Gasteiger partial charge in [0.2, 0.25) is 10.0 Å². The van der Waals surface area contributed by atoms with Crippen LogP contribution in [0.5, 0.6) is 5.75 Å². The van der Waals surface area contributed by atoms with Gasteiger partial charge >= 0.3 is 0 Å². The molecule has 0 radical (unpaired) electrons. The van der Waals surface area contributed by atoms with Gasteiger partial charge in [-0.2, -0.15) is 4.31 Å². The summed E-state index contributed by atoms with van der Waals surface area (Å²) < 4.78 is 33.3. The molecule has 0 aromatic heterocycles. The molecule has 0 aliphatic carbocycles. The number of carbonyl (C=O) groups excluding carboxylic acids is 1. The smallest absolute Gasteiger partial charge is 0.254 e. The van der Waals surface area contributed by atoms with Gasteiger partial charge in [-0.15, -0.1) is 0 Å². The minimum absolute atomic E-state index is 0.0123. The van der Waals surface area contributed by atoms with E-state index in [1.807, 2.05) is 48.5 Å². The molecular weight excluding hydrogens is 424 g/mol. The van der Waals surface area contributed by atoms with Crippen LogP contribution in [0.15, 0.2) is 77.7 Å². The molecule has 0 fully saturated rings. The van der Waals surface area contributed by atoms with Gasteiger partial charge in [0.15, 0.2) is 0 Å². The molecule has 6 nitrogen and oxygen atoms in total. The molecular formula is C25H26N2O4S. The van der Waals surface area contributed by atoms with Crippen LogP contribution in [0.1, 0.15) is 27.0 Å². The van der Waals surface area contributed by atoms with Crippen LogP contribution in [-0.4, -0.2) is 44.2 Å². The van der Waals surface area contributed by atoms with Crippen molar-refractivity contribution in [3.63, 3.8) is 0 Å². The summed E-state index contributed by atoms with van der Waals surface area (Å²) in [5, 5.41) is 0. The molecule has 3 aromatic rings. The van der Waals surface area contributed by atoms with Crippen molar-refractivity contribution in [2.24, 2.45) is 0 Å². The summed E-state index contributed by atoms with van der Waals surface area (Å²) in [7, 11) is -0.927. The lowest BCUT2D eigenvalue weighted by Crippen LogP contribution is -2.36. The van der Waals surface area contributed by atoms with E-state index in [1.54, 1.807) is 17.0 Å². The Hall–Kier alpha value is -3.16. The first-order valence-corrected chi connectivity index (χ1v) is 11.9. The predicted octanol–water partition coefficient (Wildman–Crippen LogP) is 3.71. The number of carbonyl (C=O) groups is 1. The van der Waals surface area contributed by atoms with Crippen LogP contribution in [0, 0.1) is 0 Å². The number of ether oxygens (including phenoxy) is 1. The van der Waals surface area contributed by atoms with E-state index < -0.39 is 10.0 Å². The van der Waals surface area contributed by atoms with Gasteiger partial charge in [-0.25, -0.2) is 8.42 Å². The molecule has 3 aromatic carbocycles. The first-order valence-electron chi connectivity index (χ1n) is 10.4. The van der Waals surface area contributed by atoms with Crippen molar-refractivity contribution < 1.29 is 17.9 Å². The van der Waals surface area contributed by atoms with E-state index in [9.17, 15) is 13.2 Å². The van der Waals surface area contributed by atoms with E-state index in [0.717, 1.165) is 17.5 Å². The molecule has 0 spiro atoms. The Morgan fingerprint density at radius 2 is 1.69 bits per heavy atom. The van der Waals surface area contributed by atoms with Gasteiger partial charge in [0, 0.05) is 32.2 Å². The van der Waals surface area contributed by atoms with E-state index in [1.165, 1.54) is 30.1 Å². The monoisotopic (exact) mass is 450 g/mol. The van der Waals surface area contributed by atoms with Crippen molar-refractivity contribution in [1.82, 2.24) is 9.21 Å². The van der Waals surface area contributed by atoms with Gasteiger partial charge in [-0.05, 0) is 41.3 Å². The highest BCUT2D eigenvalue weighted by molar-refractivity contribution is 7.89. The predicted molar refractivity (Wildman–Crippen MR) is 123 cm³/mol. The van der Waals surface area contributed by atoms with E-state index in [-0.39, 0.29) is 23.1 Å². The molecule has 1 aliphatic heterocycles. The third-order valence-electron chi connectivity index (χ3n) is 5.76. The minimum Gasteiger partial charge on any atom is -0.495 e. The normalized spacial score (nSPS) is 13.7. The van der Waals surface area contributed by atoms with Crippen molar-refractivity contribution in [1.29, 1.82) is 0 Å². The molecule has 0 saturated carbocycles. The standard InChI is InChI=1S/C25H26N2O4S/c1-26(17-19-8-4-3-5-9-19)32(29,30)24-16-21(12-13-23(24)31-2)25(28)27-15-14-20-10-6-7-11-22(20)18-27/h3-13,16H,14-15,17-18H2,1-2H3. The van der Waals surface area contributed by atoms with Gasteiger partial charge in [-0.1, -0.05) is 54.6 Å². The average Bonchev–Trinajstić information content (AvgIpc) is 2.83. The lowest BCUT2D eigenvalue weighted by atomic mass is 9.99. The molecule has 0 atom stereocenters. The fourth-order valence-electron chi connectivity index (χ4n) is 3.96. The Morgan fingerprint density at radius 1 is 1.00 bits per heavy atom. The largest absolute Gasteiger partial charge is 0.495 e. The minimum atomic E-state index is -3.88. The Morgan fingerprint density at radius 3 is 2.41 bits per heavy atom. The molecule has 4 rings (SSSR count). The van der Waals surface area contributed by atoms with Crippen LogP contribution in [0.4, 0.5) is 0 Å². The van der Waals surface area contributed by atoms with Crippen molar-refractivity contribution in [3.8, 4) is 5.75 Å². The number of nitrogens with zero attached hydrogens (tertiary/aromatic N) is 2. The summed E-state index contributed by atoms with van der Waals surface area (Å²) in [5.41, 5.74) is 3.57. The quantitative estimate of drug-likeness (QED) is 0.574. The summed E-state index contributed by atoms with van der Waals surface area (Å²) in [4.78, 5) is 15.0. The number of fused-ring (bicyclic) bond motifs is 1. The Balaban J connectivity index is 1.62. The summed E-state index contributed by atoms with van der Waals surface area (Å²) >= 11 is 0.